The maximum absolute atomic E-state index is 13.9. The number of halogens is 2. The van der Waals surface area contributed by atoms with E-state index in [2.05, 4.69) is 4.90 Å². The number of hydrogen-bond donors (Lipinski definition) is 0. The lowest BCUT2D eigenvalue weighted by Crippen LogP contribution is -2.49. The Morgan fingerprint density at radius 3 is 2.42 bits per heavy atom. The molecule has 1 saturated heterocycles. The molecule has 0 aromatic heterocycles. The molecule has 0 radical (unpaired) electrons. The van der Waals surface area contributed by atoms with E-state index in [0.29, 0.717) is 6.54 Å². The zero-order valence-corrected chi connectivity index (χ0v) is 13.6. The maximum atomic E-state index is 13.9. The summed E-state index contributed by atoms with van der Waals surface area (Å²) in [6.45, 7) is 1.57. The molecule has 0 spiro atoms. The number of carbonyl (C=O) groups is 1. The third-order valence-corrected chi connectivity index (χ3v) is 4.56. The molecule has 2 aromatic rings. The number of nitrogens with zero attached hydrogens (tertiary/aromatic N) is 2. The van der Waals surface area contributed by atoms with Crippen LogP contribution in [0.2, 0.25) is 0 Å². The van der Waals surface area contributed by atoms with Crippen molar-refractivity contribution < 1.29 is 13.6 Å². The maximum Gasteiger partial charge on any atom is 0.259 e. The highest BCUT2D eigenvalue weighted by Crippen LogP contribution is 2.23. The second kappa shape index (κ2) is 6.99. The largest absolute Gasteiger partial charge is 0.369 e. The van der Waals surface area contributed by atoms with Crippen LogP contribution >= 0.6 is 0 Å². The zero-order chi connectivity index (χ0) is 17.1. The average molecular weight is 330 g/mol. The van der Waals surface area contributed by atoms with Gasteiger partial charge in [0.25, 0.3) is 5.91 Å². The van der Waals surface area contributed by atoms with Gasteiger partial charge in [0.1, 0.15) is 17.2 Å². The SMILES string of the molecule is CN(C(=O)c1c(F)cccc1F)C1CCCN(c2ccccc2)C1. The number of benzene rings is 2. The summed E-state index contributed by atoms with van der Waals surface area (Å²) in [5.74, 6) is -2.24. The zero-order valence-electron chi connectivity index (χ0n) is 13.6. The topological polar surface area (TPSA) is 23.6 Å². The van der Waals surface area contributed by atoms with Gasteiger partial charge in [-0.2, -0.15) is 0 Å². The van der Waals surface area contributed by atoms with Crippen molar-refractivity contribution in [1.29, 1.82) is 0 Å². The number of amides is 1. The van der Waals surface area contributed by atoms with Crippen molar-refractivity contribution in [2.45, 2.75) is 18.9 Å². The van der Waals surface area contributed by atoms with Gasteiger partial charge in [0.15, 0.2) is 0 Å². The second-order valence-corrected chi connectivity index (χ2v) is 6.09. The van der Waals surface area contributed by atoms with E-state index in [1.54, 1.807) is 7.05 Å². The van der Waals surface area contributed by atoms with E-state index >= 15 is 0 Å². The molecular formula is C19H20F2N2O. The van der Waals surface area contributed by atoms with Crippen LogP contribution in [0.1, 0.15) is 23.2 Å². The van der Waals surface area contributed by atoms with Gasteiger partial charge in [0.05, 0.1) is 0 Å². The Balaban J connectivity index is 1.77. The summed E-state index contributed by atoms with van der Waals surface area (Å²) in [5, 5.41) is 0. The van der Waals surface area contributed by atoms with Gasteiger partial charge in [-0.1, -0.05) is 24.3 Å². The van der Waals surface area contributed by atoms with Crippen LogP contribution in [0.4, 0.5) is 14.5 Å². The smallest absolute Gasteiger partial charge is 0.259 e. The molecule has 5 heteroatoms. The summed E-state index contributed by atoms with van der Waals surface area (Å²) in [6.07, 6.45) is 1.75. The summed E-state index contributed by atoms with van der Waals surface area (Å²) < 4.78 is 27.7. The van der Waals surface area contributed by atoms with Crippen molar-refractivity contribution in [3.63, 3.8) is 0 Å². The molecule has 0 bridgehead atoms. The lowest BCUT2D eigenvalue weighted by molar-refractivity contribution is 0.0707. The summed E-state index contributed by atoms with van der Waals surface area (Å²) in [5.41, 5.74) is 0.622. The van der Waals surface area contributed by atoms with Crippen LogP contribution in [0.25, 0.3) is 0 Å². The molecule has 0 saturated carbocycles. The molecule has 1 amide bonds. The van der Waals surface area contributed by atoms with E-state index in [1.165, 1.54) is 11.0 Å². The number of likely N-dealkylation sites (N-methyl/N-ethyl adjacent to an activating group) is 1. The summed E-state index contributed by atoms with van der Waals surface area (Å²) in [6, 6.07) is 13.4. The lowest BCUT2D eigenvalue weighted by atomic mass is 10.0. The van der Waals surface area contributed by atoms with Crippen LogP contribution < -0.4 is 4.90 Å². The molecule has 1 aliphatic rings. The van der Waals surface area contributed by atoms with Gasteiger partial charge in [-0.05, 0) is 37.1 Å². The molecule has 1 fully saturated rings. The molecule has 0 N–H and O–H groups in total. The first-order valence-corrected chi connectivity index (χ1v) is 8.09. The molecule has 0 aliphatic carbocycles. The molecule has 24 heavy (non-hydrogen) atoms. The Kier molecular flexibility index (Phi) is 4.79. The number of rotatable bonds is 3. The first-order valence-electron chi connectivity index (χ1n) is 8.09. The monoisotopic (exact) mass is 330 g/mol. The first kappa shape index (κ1) is 16.4. The van der Waals surface area contributed by atoms with Gasteiger partial charge < -0.3 is 9.80 Å². The highest BCUT2D eigenvalue weighted by molar-refractivity contribution is 5.94. The minimum atomic E-state index is -0.817. The fraction of sp³-hybridized carbons (Fsp3) is 0.316. The molecule has 126 valence electrons. The van der Waals surface area contributed by atoms with E-state index in [0.717, 1.165) is 37.2 Å². The van der Waals surface area contributed by atoms with Crippen LogP contribution in [-0.2, 0) is 0 Å². The Bertz CT molecular complexity index is 700. The number of carbonyl (C=O) groups excluding carboxylic acids is 1. The molecule has 3 rings (SSSR count). The van der Waals surface area contributed by atoms with E-state index in [-0.39, 0.29) is 6.04 Å². The van der Waals surface area contributed by atoms with Crippen molar-refractivity contribution in [2.75, 3.05) is 25.0 Å². The highest BCUT2D eigenvalue weighted by Gasteiger charge is 2.29. The highest BCUT2D eigenvalue weighted by atomic mass is 19.1. The molecular weight excluding hydrogens is 310 g/mol. The fourth-order valence-corrected chi connectivity index (χ4v) is 3.19. The predicted molar refractivity (Wildman–Crippen MR) is 90.1 cm³/mol. The van der Waals surface area contributed by atoms with E-state index in [9.17, 15) is 13.6 Å². The second-order valence-electron chi connectivity index (χ2n) is 6.09. The molecule has 1 atom stereocenters. The van der Waals surface area contributed by atoms with Gasteiger partial charge in [0, 0.05) is 31.9 Å². The van der Waals surface area contributed by atoms with Crippen LogP contribution in [0.15, 0.2) is 48.5 Å². The van der Waals surface area contributed by atoms with Crippen LogP contribution in [0.3, 0.4) is 0 Å². The van der Waals surface area contributed by atoms with Crippen LogP contribution in [0, 0.1) is 11.6 Å². The normalized spacial score (nSPS) is 17.6. The number of hydrogen-bond acceptors (Lipinski definition) is 2. The van der Waals surface area contributed by atoms with Gasteiger partial charge in [-0.15, -0.1) is 0 Å². The van der Waals surface area contributed by atoms with Crippen molar-refractivity contribution in [2.24, 2.45) is 0 Å². The Labute approximate surface area is 140 Å². The molecule has 3 nitrogen and oxygen atoms in total. The number of anilines is 1. The van der Waals surface area contributed by atoms with Crippen molar-refractivity contribution in [1.82, 2.24) is 4.90 Å². The minimum Gasteiger partial charge on any atom is -0.369 e. The minimum absolute atomic E-state index is 0.0783. The number of para-hydroxylation sites is 1. The third-order valence-electron chi connectivity index (χ3n) is 4.56. The quantitative estimate of drug-likeness (QED) is 0.857. The third kappa shape index (κ3) is 3.25. The standard InChI is InChI=1S/C19H20F2N2O/c1-22(19(24)18-16(20)10-5-11-17(18)21)15-9-6-12-23(13-15)14-7-3-2-4-8-14/h2-5,7-8,10-11,15H,6,9,12-13H2,1H3. The fourth-order valence-electron chi connectivity index (χ4n) is 3.19. The summed E-state index contributed by atoms with van der Waals surface area (Å²) >= 11 is 0. The molecule has 1 heterocycles. The Hall–Kier alpha value is -2.43. The first-order chi connectivity index (χ1) is 11.6. The molecule has 1 unspecified atom stereocenters. The van der Waals surface area contributed by atoms with Gasteiger partial charge in [-0.3, -0.25) is 4.79 Å². The van der Waals surface area contributed by atoms with E-state index < -0.39 is 23.1 Å². The van der Waals surface area contributed by atoms with E-state index in [1.807, 2.05) is 30.3 Å². The van der Waals surface area contributed by atoms with Crippen molar-refractivity contribution >= 4 is 11.6 Å². The Morgan fingerprint density at radius 2 is 1.75 bits per heavy atom. The van der Waals surface area contributed by atoms with Gasteiger partial charge >= 0.3 is 0 Å². The Morgan fingerprint density at radius 1 is 1.08 bits per heavy atom. The van der Waals surface area contributed by atoms with Gasteiger partial charge in [0.2, 0.25) is 0 Å². The van der Waals surface area contributed by atoms with Gasteiger partial charge in [-0.25, -0.2) is 8.78 Å². The molecule has 1 aliphatic heterocycles. The van der Waals surface area contributed by atoms with E-state index in [4.69, 9.17) is 0 Å². The molecule has 2 aromatic carbocycles. The van der Waals surface area contributed by atoms with Crippen molar-refractivity contribution in [3.05, 3.63) is 65.7 Å². The van der Waals surface area contributed by atoms with Crippen molar-refractivity contribution in [3.8, 4) is 0 Å². The summed E-state index contributed by atoms with van der Waals surface area (Å²) in [7, 11) is 1.62. The lowest BCUT2D eigenvalue weighted by Gasteiger charge is -2.39. The number of piperidine rings is 1. The van der Waals surface area contributed by atoms with Crippen LogP contribution in [-0.4, -0.2) is 37.0 Å². The predicted octanol–water partition coefficient (Wildman–Crippen LogP) is 3.71. The van der Waals surface area contributed by atoms with Crippen LogP contribution in [0.5, 0.6) is 0 Å². The average Bonchev–Trinajstić information content (AvgIpc) is 2.61. The summed E-state index contributed by atoms with van der Waals surface area (Å²) in [4.78, 5) is 16.2.